The molecule has 0 atom stereocenters. The Labute approximate surface area is 144 Å². The summed E-state index contributed by atoms with van der Waals surface area (Å²) in [6.07, 6.45) is 0. The number of aliphatic imine (C=N–C) groups is 1. The predicted molar refractivity (Wildman–Crippen MR) is 96.7 cm³/mol. The molecule has 3 aromatic rings. The molecule has 0 saturated carbocycles. The lowest BCUT2D eigenvalue weighted by molar-refractivity contribution is 0.471. The molecule has 0 spiro atoms. The molecule has 2 aromatic carbocycles. The maximum absolute atomic E-state index is 13.2. The third kappa shape index (κ3) is 3.08. The van der Waals surface area contributed by atoms with E-state index < -0.39 is 0 Å². The lowest BCUT2D eigenvalue weighted by atomic mass is 10.0. The summed E-state index contributed by atoms with van der Waals surface area (Å²) in [5.41, 5.74) is 2.02. The number of aromatic hydroxyl groups is 1. The Morgan fingerprint density at radius 2 is 1.72 bits per heavy atom. The van der Waals surface area contributed by atoms with Gasteiger partial charge in [-0.1, -0.05) is 30.3 Å². The lowest BCUT2D eigenvalue weighted by Gasteiger charge is -2.14. The van der Waals surface area contributed by atoms with Crippen LogP contribution in [0.25, 0.3) is 11.3 Å². The summed E-state index contributed by atoms with van der Waals surface area (Å²) in [7, 11) is 3.17. The van der Waals surface area contributed by atoms with E-state index in [1.165, 1.54) is 35.9 Å². The van der Waals surface area contributed by atoms with Gasteiger partial charge in [0.05, 0.1) is 11.4 Å². The van der Waals surface area contributed by atoms with Crippen molar-refractivity contribution in [2.75, 3.05) is 7.05 Å². The van der Waals surface area contributed by atoms with Crippen molar-refractivity contribution >= 4 is 5.71 Å². The number of pyridine rings is 1. The first-order chi connectivity index (χ1) is 12.0. The van der Waals surface area contributed by atoms with E-state index in [1.54, 1.807) is 13.1 Å². The highest BCUT2D eigenvalue weighted by atomic mass is 19.1. The molecular formula is C20H17FN2O2. The van der Waals surface area contributed by atoms with E-state index in [-0.39, 0.29) is 22.7 Å². The molecule has 0 aliphatic carbocycles. The van der Waals surface area contributed by atoms with Crippen LogP contribution < -0.4 is 5.56 Å². The number of rotatable bonds is 3. The van der Waals surface area contributed by atoms with Crippen LogP contribution in [0.2, 0.25) is 0 Å². The number of halogens is 1. The average molecular weight is 336 g/mol. The van der Waals surface area contributed by atoms with Gasteiger partial charge in [0, 0.05) is 25.7 Å². The quantitative estimate of drug-likeness (QED) is 0.746. The van der Waals surface area contributed by atoms with Crippen LogP contribution in [-0.4, -0.2) is 22.4 Å². The Balaban J connectivity index is 2.19. The van der Waals surface area contributed by atoms with Gasteiger partial charge in [0.2, 0.25) is 0 Å². The number of aromatic nitrogens is 1. The molecule has 0 bridgehead atoms. The second-order valence-corrected chi connectivity index (χ2v) is 5.60. The summed E-state index contributed by atoms with van der Waals surface area (Å²) >= 11 is 0. The molecule has 0 saturated heterocycles. The van der Waals surface area contributed by atoms with E-state index in [9.17, 15) is 14.3 Å². The van der Waals surface area contributed by atoms with Crippen molar-refractivity contribution in [3.63, 3.8) is 0 Å². The van der Waals surface area contributed by atoms with Gasteiger partial charge in [0.15, 0.2) is 0 Å². The first kappa shape index (κ1) is 16.6. The second-order valence-electron chi connectivity index (χ2n) is 5.60. The van der Waals surface area contributed by atoms with Gasteiger partial charge < -0.3 is 9.67 Å². The van der Waals surface area contributed by atoms with Gasteiger partial charge in [-0.25, -0.2) is 4.39 Å². The van der Waals surface area contributed by atoms with Gasteiger partial charge in [-0.3, -0.25) is 9.79 Å². The lowest BCUT2D eigenvalue weighted by Crippen LogP contribution is -2.26. The summed E-state index contributed by atoms with van der Waals surface area (Å²) in [5.74, 6) is -0.539. The summed E-state index contributed by atoms with van der Waals surface area (Å²) in [4.78, 5) is 17.0. The number of benzene rings is 2. The van der Waals surface area contributed by atoms with E-state index in [2.05, 4.69) is 4.99 Å². The van der Waals surface area contributed by atoms with Crippen molar-refractivity contribution in [3.05, 3.63) is 88.0 Å². The molecule has 0 amide bonds. The second kappa shape index (κ2) is 6.73. The van der Waals surface area contributed by atoms with Crippen molar-refractivity contribution in [3.8, 4) is 17.0 Å². The van der Waals surface area contributed by atoms with Crippen LogP contribution in [0.15, 0.2) is 70.5 Å². The Morgan fingerprint density at radius 3 is 2.32 bits per heavy atom. The van der Waals surface area contributed by atoms with E-state index >= 15 is 0 Å². The van der Waals surface area contributed by atoms with Crippen molar-refractivity contribution in [2.24, 2.45) is 12.0 Å². The van der Waals surface area contributed by atoms with Crippen molar-refractivity contribution < 1.29 is 9.50 Å². The minimum Gasteiger partial charge on any atom is -0.507 e. The summed E-state index contributed by atoms with van der Waals surface area (Å²) in [5, 5.41) is 10.5. The van der Waals surface area contributed by atoms with E-state index in [0.29, 0.717) is 17.0 Å². The highest BCUT2D eigenvalue weighted by molar-refractivity contribution is 6.14. The van der Waals surface area contributed by atoms with Crippen LogP contribution >= 0.6 is 0 Å². The van der Waals surface area contributed by atoms with Gasteiger partial charge in [-0.05, 0) is 29.8 Å². The Kier molecular flexibility index (Phi) is 4.48. The monoisotopic (exact) mass is 336 g/mol. The van der Waals surface area contributed by atoms with Crippen molar-refractivity contribution in [1.29, 1.82) is 0 Å². The molecule has 0 radical (unpaired) electrons. The zero-order valence-corrected chi connectivity index (χ0v) is 13.9. The smallest absolute Gasteiger partial charge is 0.264 e. The van der Waals surface area contributed by atoms with Gasteiger partial charge in [0.1, 0.15) is 17.1 Å². The predicted octanol–water partition coefficient (Wildman–Crippen LogP) is 3.36. The standard InChI is InChI=1S/C20H17FN2O2/c1-22-19(14-8-10-15(21)11-9-14)18-17(24)12-16(23(2)20(18)25)13-6-4-3-5-7-13/h3-12,24H,1-2H3. The summed E-state index contributed by atoms with van der Waals surface area (Å²) < 4.78 is 14.6. The maximum Gasteiger partial charge on any atom is 0.264 e. The first-order valence-corrected chi connectivity index (χ1v) is 7.74. The van der Waals surface area contributed by atoms with E-state index in [1.807, 2.05) is 30.3 Å². The fraction of sp³-hybridized carbons (Fsp3) is 0.100. The summed E-state index contributed by atoms with van der Waals surface area (Å²) in [6, 6.07) is 16.5. The third-order valence-electron chi connectivity index (χ3n) is 4.06. The van der Waals surface area contributed by atoms with Crippen LogP contribution in [0.5, 0.6) is 5.75 Å². The van der Waals surface area contributed by atoms with Crippen molar-refractivity contribution in [2.45, 2.75) is 0 Å². The fourth-order valence-electron chi connectivity index (χ4n) is 2.79. The Bertz CT molecular complexity index is 991. The van der Waals surface area contributed by atoms with Crippen LogP contribution in [0.4, 0.5) is 4.39 Å². The van der Waals surface area contributed by atoms with E-state index in [4.69, 9.17) is 0 Å². The molecular weight excluding hydrogens is 319 g/mol. The summed E-state index contributed by atoms with van der Waals surface area (Å²) in [6.45, 7) is 0. The van der Waals surface area contributed by atoms with Crippen LogP contribution in [0.1, 0.15) is 11.1 Å². The molecule has 1 aromatic heterocycles. The van der Waals surface area contributed by atoms with Crippen molar-refractivity contribution in [1.82, 2.24) is 4.57 Å². The Hall–Kier alpha value is -3.21. The molecule has 4 nitrogen and oxygen atoms in total. The number of hydrogen-bond acceptors (Lipinski definition) is 3. The minimum absolute atomic E-state index is 0.0938. The topological polar surface area (TPSA) is 54.6 Å². The molecule has 3 rings (SSSR count). The Morgan fingerprint density at radius 1 is 1.08 bits per heavy atom. The first-order valence-electron chi connectivity index (χ1n) is 7.74. The largest absolute Gasteiger partial charge is 0.507 e. The number of nitrogens with zero attached hydrogens (tertiary/aromatic N) is 2. The molecule has 5 heteroatoms. The average Bonchev–Trinajstić information content (AvgIpc) is 2.63. The fourth-order valence-corrected chi connectivity index (χ4v) is 2.79. The molecule has 0 fully saturated rings. The highest BCUT2D eigenvalue weighted by Gasteiger charge is 2.19. The van der Waals surface area contributed by atoms with E-state index in [0.717, 1.165) is 5.56 Å². The zero-order chi connectivity index (χ0) is 18.0. The molecule has 1 heterocycles. The molecule has 0 unspecified atom stereocenters. The zero-order valence-electron chi connectivity index (χ0n) is 13.9. The van der Waals surface area contributed by atoms with Crippen LogP contribution in [0, 0.1) is 5.82 Å². The minimum atomic E-state index is -0.379. The normalized spacial score (nSPS) is 11.6. The van der Waals surface area contributed by atoms with Gasteiger partial charge in [-0.2, -0.15) is 0 Å². The molecule has 0 aliphatic heterocycles. The molecule has 0 aliphatic rings. The van der Waals surface area contributed by atoms with Gasteiger partial charge in [-0.15, -0.1) is 0 Å². The van der Waals surface area contributed by atoms with Crippen LogP contribution in [0.3, 0.4) is 0 Å². The molecule has 1 N–H and O–H groups in total. The highest BCUT2D eigenvalue weighted by Crippen LogP contribution is 2.25. The number of hydrogen-bond donors (Lipinski definition) is 1. The maximum atomic E-state index is 13.2. The molecule has 126 valence electrons. The molecule has 25 heavy (non-hydrogen) atoms. The third-order valence-corrected chi connectivity index (χ3v) is 4.06. The van der Waals surface area contributed by atoms with Gasteiger partial charge in [0.25, 0.3) is 5.56 Å². The van der Waals surface area contributed by atoms with Gasteiger partial charge >= 0.3 is 0 Å². The SMILES string of the molecule is CN=C(c1ccc(F)cc1)c1c(O)cc(-c2ccccc2)n(C)c1=O. The van der Waals surface area contributed by atoms with Crippen LogP contribution in [-0.2, 0) is 7.05 Å².